The number of hydrogen-bond acceptors (Lipinski definition) is 6. The number of rotatable bonds is 5. The monoisotopic (exact) mass is 416 g/mol. The lowest BCUT2D eigenvalue weighted by Crippen LogP contribution is -2.29. The van der Waals surface area contributed by atoms with Crippen LogP contribution >= 0.6 is 0 Å². The average molecular weight is 416 g/mol. The maximum atomic E-state index is 13.1. The molecule has 7 nitrogen and oxygen atoms in total. The van der Waals surface area contributed by atoms with Gasteiger partial charge in [0.05, 0.1) is 37.7 Å². The summed E-state index contributed by atoms with van der Waals surface area (Å²) >= 11 is 0. The molecule has 0 bridgehead atoms. The highest BCUT2D eigenvalue weighted by Crippen LogP contribution is 2.45. The van der Waals surface area contributed by atoms with Gasteiger partial charge >= 0.3 is 0 Å². The fourth-order valence-electron chi connectivity index (χ4n) is 3.69. The topological polar surface area (TPSA) is 89.0 Å². The number of aromatic nitrogens is 1. The van der Waals surface area contributed by atoms with Gasteiger partial charge in [-0.1, -0.05) is 30.3 Å². The van der Waals surface area contributed by atoms with Crippen LogP contribution in [0.25, 0.3) is 5.76 Å². The quantitative estimate of drug-likeness (QED) is 0.387. The minimum atomic E-state index is -0.936. The molecule has 1 N–H and O–H groups in total. The highest BCUT2D eigenvalue weighted by molar-refractivity contribution is 6.51. The summed E-state index contributed by atoms with van der Waals surface area (Å²) in [7, 11) is 3.02. The number of carbonyl (C=O) groups excluding carboxylic acids is 2. The number of aliphatic hydroxyl groups is 1. The molecule has 1 aromatic heterocycles. The van der Waals surface area contributed by atoms with E-state index in [1.165, 1.54) is 25.3 Å². The highest BCUT2D eigenvalue weighted by atomic mass is 16.5. The molecule has 0 saturated carbocycles. The van der Waals surface area contributed by atoms with E-state index in [4.69, 9.17) is 9.47 Å². The molecule has 4 rings (SSSR count). The van der Waals surface area contributed by atoms with Crippen molar-refractivity contribution in [1.29, 1.82) is 0 Å². The van der Waals surface area contributed by atoms with E-state index >= 15 is 0 Å². The predicted molar refractivity (Wildman–Crippen MR) is 115 cm³/mol. The molecule has 156 valence electrons. The summed E-state index contributed by atoms with van der Waals surface area (Å²) in [6, 6.07) is 16.2. The molecule has 0 spiro atoms. The van der Waals surface area contributed by atoms with Gasteiger partial charge in [-0.25, -0.2) is 0 Å². The number of ether oxygens (including phenoxy) is 2. The van der Waals surface area contributed by atoms with Gasteiger partial charge in [-0.3, -0.25) is 19.5 Å². The zero-order valence-corrected chi connectivity index (χ0v) is 17.0. The number of Topliss-reactive ketones (excluding diaryl/α,β-unsaturated/α-hetero) is 1. The van der Waals surface area contributed by atoms with Crippen LogP contribution in [0, 0.1) is 0 Å². The Kier molecular flexibility index (Phi) is 5.41. The normalized spacial score (nSPS) is 17.6. The van der Waals surface area contributed by atoms with E-state index in [0.29, 0.717) is 28.3 Å². The molecular weight excluding hydrogens is 396 g/mol. The van der Waals surface area contributed by atoms with Crippen molar-refractivity contribution >= 4 is 23.1 Å². The zero-order valence-electron chi connectivity index (χ0n) is 17.0. The number of anilines is 1. The van der Waals surface area contributed by atoms with Crippen molar-refractivity contribution in [1.82, 2.24) is 4.98 Å². The van der Waals surface area contributed by atoms with Gasteiger partial charge < -0.3 is 14.6 Å². The Labute approximate surface area is 179 Å². The molecule has 1 amide bonds. The Balaban J connectivity index is 2.01. The summed E-state index contributed by atoms with van der Waals surface area (Å²) in [5.41, 5.74) is 1.32. The van der Waals surface area contributed by atoms with E-state index in [-0.39, 0.29) is 11.3 Å². The van der Waals surface area contributed by atoms with Crippen LogP contribution in [0.15, 0.2) is 78.6 Å². The minimum absolute atomic E-state index is 0.0355. The number of hydrogen-bond donors (Lipinski definition) is 1. The van der Waals surface area contributed by atoms with E-state index in [0.717, 1.165) is 0 Å². The van der Waals surface area contributed by atoms with E-state index in [9.17, 15) is 14.7 Å². The van der Waals surface area contributed by atoms with Crippen LogP contribution in [0.2, 0.25) is 0 Å². The Morgan fingerprint density at radius 1 is 1.00 bits per heavy atom. The van der Waals surface area contributed by atoms with Crippen molar-refractivity contribution in [3.63, 3.8) is 0 Å². The summed E-state index contributed by atoms with van der Waals surface area (Å²) in [5.74, 6) is -0.853. The first kappa shape index (κ1) is 20.2. The highest BCUT2D eigenvalue weighted by Gasteiger charge is 2.48. The third-order valence-corrected chi connectivity index (χ3v) is 5.15. The number of nitrogens with zero attached hydrogens (tertiary/aromatic N) is 2. The smallest absolute Gasteiger partial charge is 0.300 e. The number of carbonyl (C=O) groups is 2. The Bertz CT molecular complexity index is 1160. The van der Waals surface area contributed by atoms with Gasteiger partial charge in [0.25, 0.3) is 11.7 Å². The van der Waals surface area contributed by atoms with Crippen LogP contribution in [0.1, 0.15) is 17.2 Å². The standard InChI is InChI=1S/C24H20N2O5/c1-30-17-10-11-19(31-2)18(13-17)21-20(22(27)15-7-4-3-5-8-15)23(28)24(29)26(21)16-9-6-12-25-14-16/h3-14,21,27H,1-2H3/t21-/m1/s1. The summed E-state index contributed by atoms with van der Waals surface area (Å²) in [6.07, 6.45) is 3.07. The third-order valence-electron chi connectivity index (χ3n) is 5.15. The van der Waals surface area contributed by atoms with Crippen LogP contribution in [-0.2, 0) is 9.59 Å². The van der Waals surface area contributed by atoms with Crippen LogP contribution in [0.5, 0.6) is 11.5 Å². The molecule has 31 heavy (non-hydrogen) atoms. The number of amides is 1. The third kappa shape index (κ3) is 3.50. The second-order valence-corrected chi connectivity index (χ2v) is 6.85. The molecule has 1 aliphatic heterocycles. The van der Waals surface area contributed by atoms with Gasteiger partial charge in [-0.15, -0.1) is 0 Å². The largest absolute Gasteiger partial charge is 0.507 e. The number of benzene rings is 2. The summed E-state index contributed by atoms with van der Waals surface area (Å²) in [4.78, 5) is 31.7. The summed E-state index contributed by atoms with van der Waals surface area (Å²) < 4.78 is 10.9. The fraction of sp³-hybridized carbons (Fsp3) is 0.125. The lowest BCUT2D eigenvalue weighted by Gasteiger charge is -2.26. The number of aliphatic hydroxyl groups excluding tert-OH is 1. The predicted octanol–water partition coefficient (Wildman–Crippen LogP) is 3.73. The Morgan fingerprint density at radius 3 is 2.42 bits per heavy atom. The second-order valence-electron chi connectivity index (χ2n) is 6.85. The molecule has 2 heterocycles. The molecule has 1 saturated heterocycles. The number of ketones is 1. The zero-order chi connectivity index (χ0) is 22.0. The minimum Gasteiger partial charge on any atom is -0.507 e. The second kappa shape index (κ2) is 8.31. The summed E-state index contributed by atoms with van der Waals surface area (Å²) in [6.45, 7) is 0. The lowest BCUT2D eigenvalue weighted by molar-refractivity contribution is -0.132. The summed E-state index contributed by atoms with van der Waals surface area (Å²) in [5, 5.41) is 11.1. The molecule has 0 aliphatic carbocycles. The van der Waals surface area contributed by atoms with Crippen molar-refractivity contribution in [3.8, 4) is 11.5 Å². The van der Waals surface area contributed by atoms with Crippen molar-refractivity contribution < 1.29 is 24.2 Å². The van der Waals surface area contributed by atoms with Crippen molar-refractivity contribution in [3.05, 3.63) is 89.8 Å². The first-order valence-electron chi connectivity index (χ1n) is 9.55. The molecule has 2 aromatic carbocycles. The van der Waals surface area contributed by atoms with E-state index in [2.05, 4.69) is 4.98 Å². The van der Waals surface area contributed by atoms with Gasteiger partial charge in [-0.2, -0.15) is 0 Å². The van der Waals surface area contributed by atoms with Crippen LogP contribution in [-0.4, -0.2) is 36.0 Å². The SMILES string of the molecule is COc1ccc(OC)c([C@@H]2C(=C(O)c3ccccc3)C(=O)C(=O)N2c2cccnc2)c1. The first-order valence-corrected chi connectivity index (χ1v) is 9.55. The van der Waals surface area contributed by atoms with Crippen LogP contribution < -0.4 is 14.4 Å². The van der Waals surface area contributed by atoms with Crippen LogP contribution in [0.3, 0.4) is 0 Å². The molecular formula is C24H20N2O5. The molecule has 1 fully saturated rings. The molecule has 0 unspecified atom stereocenters. The molecule has 7 heteroatoms. The number of pyridine rings is 1. The van der Waals surface area contributed by atoms with Crippen LogP contribution in [0.4, 0.5) is 5.69 Å². The van der Waals surface area contributed by atoms with E-state index in [1.807, 2.05) is 0 Å². The van der Waals surface area contributed by atoms with E-state index < -0.39 is 17.7 Å². The van der Waals surface area contributed by atoms with Gasteiger partial charge in [0.15, 0.2) is 0 Å². The van der Waals surface area contributed by atoms with Gasteiger partial charge in [0.2, 0.25) is 0 Å². The Hall–Kier alpha value is -4.13. The molecule has 3 aromatic rings. The lowest BCUT2D eigenvalue weighted by atomic mass is 9.94. The Morgan fingerprint density at radius 2 is 1.77 bits per heavy atom. The molecule has 1 aliphatic rings. The van der Waals surface area contributed by atoms with Crippen molar-refractivity contribution in [2.75, 3.05) is 19.1 Å². The van der Waals surface area contributed by atoms with Gasteiger partial charge in [0.1, 0.15) is 17.3 Å². The first-order chi connectivity index (χ1) is 15.1. The van der Waals surface area contributed by atoms with E-state index in [1.54, 1.807) is 66.9 Å². The maximum absolute atomic E-state index is 13.1. The van der Waals surface area contributed by atoms with Gasteiger partial charge in [-0.05, 0) is 30.3 Å². The fourth-order valence-corrected chi connectivity index (χ4v) is 3.69. The van der Waals surface area contributed by atoms with Crippen molar-refractivity contribution in [2.24, 2.45) is 0 Å². The maximum Gasteiger partial charge on any atom is 0.300 e. The van der Waals surface area contributed by atoms with Crippen molar-refractivity contribution in [2.45, 2.75) is 6.04 Å². The molecule has 1 atom stereocenters. The molecule has 0 radical (unpaired) electrons. The number of methoxy groups -OCH3 is 2. The van der Waals surface area contributed by atoms with Gasteiger partial charge in [0, 0.05) is 17.3 Å². The average Bonchev–Trinajstić information content (AvgIpc) is 3.09.